The molecule has 5 heteroatoms. The highest BCUT2D eigenvalue weighted by Crippen LogP contribution is 2.54. The van der Waals surface area contributed by atoms with Crippen LogP contribution in [-0.4, -0.2) is 18.1 Å². The van der Waals surface area contributed by atoms with Gasteiger partial charge in [0.05, 0.1) is 0 Å². The number of para-hydroxylation sites is 1. The van der Waals surface area contributed by atoms with E-state index in [0.717, 1.165) is 27.6 Å². The first-order valence-corrected chi connectivity index (χ1v) is 9.26. The topological polar surface area (TPSA) is 41.6 Å². The number of hydrogen-bond acceptors (Lipinski definition) is 3. The summed E-state index contributed by atoms with van der Waals surface area (Å²) in [7, 11) is 1.79. The van der Waals surface area contributed by atoms with Crippen LogP contribution in [0.3, 0.4) is 0 Å². The Morgan fingerprint density at radius 3 is 2.52 bits per heavy atom. The van der Waals surface area contributed by atoms with Crippen molar-refractivity contribution >= 4 is 39.8 Å². The van der Waals surface area contributed by atoms with E-state index in [-0.39, 0.29) is 11.1 Å². The van der Waals surface area contributed by atoms with Crippen LogP contribution in [-0.2, 0) is 20.7 Å². The quantitative estimate of drug-likeness (QED) is 0.658. The van der Waals surface area contributed by atoms with Gasteiger partial charge in [-0.15, -0.1) is 0 Å². The third kappa shape index (κ3) is 1.92. The average molecular weight is 374 g/mol. The van der Waals surface area contributed by atoms with Crippen LogP contribution >= 0.6 is 12.2 Å². The standard InChI is InChI=1S/C22H18N2O2S/c1-21(16-12-11-14-7-3-4-8-15(14)13-16)22(23-20(27)26-21)17-9-5-6-10-18(17)24(2)19(22)25/h3-13H,1-2H3,(H,23,27)/t21-,22+/m0/s1. The van der Waals surface area contributed by atoms with E-state index in [1.165, 1.54) is 0 Å². The highest BCUT2D eigenvalue weighted by molar-refractivity contribution is 7.80. The third-order valence-corrected chi connectivity index (χ3v) is 6.08. The van der Waals surface area contributed by atoms with Crippen LogP contribution in [0.15, 0.2) is 66.7 Å². The number of thiocarbonyl (C=S) groups is 1. The lowest BCUT2D eigenvalue weighted by atomic mass is 9.72. The molecule has 1 spiro atoms. The van der Waals surface area contributed by atoms with Crippen molar-refractivity contribution in [3.63, 3.8) is 0 Å². The molecule has 1 amide bonds. The number of likely N-dealkylation sites (N-methyl/N-ethyl adjacent to an activating group) is 1. The number of rotatable bonds is 1. The second-order valence-electron chi connectivity index (χ2n) is 7.24. The summed E-state index contributed by atoms with van der Waals surface area (Å²) in [6, 6.07) is 22.1. The Morgan fingerprint density at radius 1 is 1.00 bits per heavy atom. The molecular weight excluding hydrogens is 356 g/mol. The molecule has 0 saturated carbocycles. The summed E-state index contributed by atoms with van der Waals surface area (Å²) in [5.74, 6) is -0.0702. The third-order valence-electron chi connectivity index (χ3n) is 5.90. The first-order chi connectivity index (χ1) is 13.0. The number of carbonyl (C=O) groups is 1. The van der Waals surface area contributed by atoms with Gasteiger partial charge in [0.15, 0.2) is 11.1 Å². The first-order valence-electron chi connectivity index (χ1n) is 8.85. The number of carbonyl (C=O) groups excluding carboxylic acids is 1. The largest absolute Gasteiger partial charge is 0.456 e. The average Bonchev–Trinajstić information content (AvgIpc) is 3.09. The maximum absolute atomic E-state index is 13.5. The molecule has 0 radical (unpaired) electrons. The first kappa shape index (κ1) is 16.3. The van der Waals surface area contributed by atoms with Gasteiger partial charge in [-0.25, -0.2) is 0 Å². The molecule has 0 unspecified atom stereocenters. The van der Waals surface area contributed by atoms with Gasteiger partial charge in [-0.2, -0.15) is 0 Å². The fourth-order valence-electron chi connectivity index (χ4n) is 4.46. The van der Waals surface area contributed by atoms with E-state index >= 15 is 0 Å². The van der Waals surface area contributed by atoms with Crippen LogP contribution in [0, 0.1) is 0 Å². The second kappa shape index (κ2) is 5.30. The van der Waals surface area contributed by atoms with E-state index in [4.69, 9.17) is 17.0 Å². The van der Waals surface area contributed by atoms with Gasteiger partial charge in [-0.3, -0.25) is 4.79 Å². The molecule has 3 aromatic rings. The molecule has 27 heavy (non-hydrogen) atoms. The zero-order valence-electron chi connectivity index (χ0n) is 15.0. The number of fused-ring (bicyclic) bond motifs is 3. The predicted octanol–water partition coefficient (Wildman–Crippen LogP) is 3.83. The maximum Gasteiger partial charge on any atom is 0.261 e. The molecule has 1 N–H and O–H groups in total. The van der Waals surface area contributed by atoms with Crippen LogP contribution in [0.2, 0.25) is 0 Å². The van der Waals surface area contributed by atoms with Gasteiger partial charge in [0, 0.05) is 18.3 Å². The van der Waals surface area contributed by atoms with E-state index < -0.39 is 11.1 Å². The van der Waals surface area contributed by atoms with Gasteiger partial charge in [0.25, 0.3) is 11.1 Å². The van der Waals surface area contributed by atoms with Crippen molar-refractivity contribution in [2.45, 2.75) is 18.1 Å². The van der Waals surface area contributed by atoms with Crippen molar-refractivity contribution in [2.24, 2.45) is 0 Å². The summed E-state index contributed by atoms with van der Waals surface area (Å²) in [5.41, 5.74) is 0.611. The molecule has 5 rings (SSSR count). The van der Waals surface area contributed by atoms with Gasteiger partial charge < -0.3 is 15.0 Å². The summed E-state index contributed by atoms with van der Waals surface area (Å²) in [6.45, 7) is 1.94. The molecule has 2 atom stereocenters. The Morgan fingerprint density at radius 2 is 1.70 bits per heavy atom. The van der Waals surface area contributed by atoms with Gasteiger partial charge in [-0.1, -0.05) is 54.6 Å². The van der Waals surface area contributed by atoms with E-state index in [1.807, 2.05) is 49.4 Å². The maximum atomic E-state index is 13.5. The van der Waals surface area contributed by atoms with Crippen LogP contribution in [0.1, 0.15) is 18.1 Å². The number of nitrogens with zero attached hydrogens (tertiary/aromatic N) is 1. The molecule has 1 fully saturated rings. The summed E-state index contributed by atoms with van der Waals surface area (Å²) < 4.78 is 6.17. The number of ether oxygens (including phenoxy) is 1. The van der Waals surface area contributed by atoms with Crippen LogP contribution < -0.4 is 10.2 Å². The minimum absolute atomic E-state index is 0.0702. The van der Waals surface area contributed by atoms with Crippen molar-refractivity contribution in [2.75, 3.05) is 11.9 Å². The van der Waals surface area contributed by atoms with Gasteiger partial charge in [0.1, 0.15) is 0 Å². The summed E-state index contributed by atoms with van der Waals surface area (Å²) in [5, 5.41) is 5.70. The molecule has 134 valence electrons. The molecule has 4 nitrogen and oxygen atoms in total. The molecule has 2 heterocycles. The Labute approximate surface area is 162 Å². The minimum atomic E-state index is -1.09. The summed E-state index contributed by atoms with van der Waals surface area (Å²) in [4.78, 5) is 15.2. The van der Waals surface area contributed by atoms with Crippen LogP contribution in [0.25, 0.3) is 10.8 Å². The number of nitrogens with one attached hydrogen (secondary N) is 1. The second-order valence-corrected chi connectivity index (χ2v) is 7.61. The van der Waals surface area contributed by atoms with Gasteiger partial charge >= 0.3 is 0 Å². The lowest BCUT2D eigenvalue weighted by Gasteiger charge is -2.37. The Hall–Kier alpha value is -2.92. The van der Waals surface area contributed by atoms with Crippen LogP contribution in [0.5, 0.6) is 0 Å². The summed E-state index contributed by atoms with van der Waals surface area (Å²) in [6.07, 6.45) is 0. The molecule has 1 saturated heterocycles. The highest BCUT2D eigenvalue weighted by atomic mass is 32.1. The SMILES string of the molecule is CN1C(=O)[C@]2(NC(=S)O[C@@]2(C)c2ccc3ccccc3c2)c2ccccc21. The van der Waals surface area contributed by atoms with E-state index in [2.05, 4.69) is 29.6 Å². The molecule has 0 aliphatic carbocycles. The van der Waals surface area contributed by atoms with Crippen LogP contribution in [0.4, 0.5) is 5.69 Å². The zero-order valence-corrected chi connectivity index (χ0v) is 15.8. The fourth-order valence-corrected chi connectivity index (χ4v) is 4.78. The number of hydrogen-bond donors (Lipinski definition) is 1. The fraction of sp³-hybridized carbons (Fsp3) is 0.182. The van der Waals surface area contributed by atoms with Crippen molar-refractivity contribution < 1.29 is 9.53 Å². The molecule has 2 aliphatic heterocycles. The van der Waals surface area contributed by atoms with Crippen molar-refractivity contribution in [1.82, 2.24) is 5.32 Å². The Kier molecular flexibility index (Phi) is 3.19. The van der Waals surface area contributed by atoms with E-state index in [0.29, 0.717) is 0 Å². The molecular formula is C22H18N2O2S. The van der Waals surface area contributed by atoms with Gasteiger partial charge in [-0.05, 0) is 47.6 Å². The zero-order chi connectivity index (χ0) is 18.8. The van der Waals surface area contributed by atoms with Crippen molar-refractivity contribution in [3.8, 4) is 0 Å². The molecule has 0 aromatic heterocycles. The minimum Gasteiger partial charge on any atom is -0.456 e. The summed E-state index contributed by atoms with van der Waals surface area (Å²) >= 11 is 5.39. The number of benzene rings is 3. The van der Waals surface area contributed by atoms with Crippen molar-refractivity contribution in [3.05, 3.63) is 77.9 Å². The highest BCUT2D eigenvalue weighted by Gasteiger charge is 2.67. The lowest BCUT2D eigenvalue weighted by Crippen LogP contribution is -2.57. The Balaban J connectivity index is 1.79. The number of anilines is 1. The monoisotopic (exact) mass is 374 g/mol. The Bertz CT molecular complexity index is 1130. The van der Waals surface area contributed by atoms with Crippen molar-refractivity contribution in [1.29, 1.82) is 0 Å². The lowest BCUT2D eigenvalue weighted by molar-refractivity contribution is -0.129. The smallest absolute Gasteiger partial charge is 0.261 e. The molecule has 2 aliphatic rings. The van der Waals surface area contributed by atoms with Gasteiger partial charge in [0.2, 0.25) is 0 Å². The van der Waals surface area contributed by atoms with E-state index in [9.17, 15) is 4.79 Å². The molecule has 3 aromatic carbocycles. The van der Waals surface area contributed by atoms with E-state index in [1.54, 1.807) is 11.9 Å². The number of amides is 1. The molecule has 0 bridgehead atoms. The predicted molar refractivity (Wildman–Crippen MR) is 110 cm³/mol. The normalized spacial score (nSPS) is 26.4.